The molecule has 196 valence electrons. The number of piperidine rings is 1. The number of hydrogen-bond acceptors (Lipinski definition) is 8. The Kier molecular flexibility index (Phi) is 6.31. The minimum atomic E-state index is -0.468. The number of aromatic nitrogens is 6. The maximum absolute atomic E-state index is 15.5. The van der Waals surface area contributed by atoms with Gasteiger partial charge in [-0.25, -0.2) is 28.8 Å². The number of carbonyl (C=O) groups is 1. The van der Waals surface area contributed by atoms with Crippen LogP contribution in [-0.4, -0.2) is 53.4 Å². The van der Waals surface area contributed by atoms with Crippen molar-refractivity contribution in [2.75, 3.05) is 18.4 Å². The molecule has 1 fully saturated rings. The van der Waals surface area contributed by atoms with E-state index in [9.17, 15) is 4.79 Å². The number of hydrogen-bond donors (Lipinski definition) is 1. The third kappa shape index (κ3) is 4.74. The van der Waals surface area contributed by atoms with Crippen LogP contribution >= 0.6 is 0 Å². The molecule has 1 aliphatic rings. The van der Waals surface area contributed by atoms with Gasteiger partial charge in [0.25, 0.3) is 0 Å². The molecular weight excluding hydrogens is 499 g/mol. The molecular formula is C28H25FN8O2. The number of nitrogens with zero attached hydrogens (tertiary/aromatic N) is 7. The highest BCUT2D eigenvalue weighted by Crippen LogP contribution is 2.33. The van der Waals surface area contributed by atoms with Gasteiger partial charge in [0.15, 0.2) is 17.3 Å². The van der Waals surface area contributed by atoms with Gasteiger partial charge in [-0.05, 0) is 56.2 Å². The molecule has 11 heteroatoms. The minimum Gasteiger partial charge on any atom is -0.457 e. The van der Waals surface area contributed by atoms with Crippen molar-refractivity contribution in [2.45, 2.75) is 25.7 Å². The lowest BCUT2D eigenvalue weighted by Gasteiger charge is -2.31. The number of benzene rings is 1. The molecule has 5 heterocycles. The summed E-state index contributed by atoms with van der Waals surface area (Å²) in [6.07, 6.45) is 7.73. The lowest BCUT2D eigenvalue weighted by atomic mass is 9.94. The lowest BCUT2D eigenvalue weighted by molar-refractivity contribution is -0.127. The van der Waals surface area contributed by atoms with Crippen LogP contribution in [0.15, 0.2) is 67.9 Å². The summed E-state index contributed by atoms with van der Waals surface area (Å²) in [5.41, 5.74) is 3.20. The molecule has 0 radical (unpaired) electrons. The second-order valence-electron chi connectivity index (χ2n) is 9.36. The standard InChI is InChI=1S/C28H25FN8O2/c1-3-25(38)36-11-4-5-18(14-36)20-6-7-22-27(34-20)28(32-15-30-22)35-21-8-9-23(17(2)26(21)29)39-19-10-12-37-24(13-19)31-16-33-37/h3,6-10,12-13,15-16,18H,1,4-5,11,14H2,2H3,(H,30,32,35). The van der Waals surface area contributed by atoms with E-state index in [1.54, 1.807) is 46.8 Å². The normalized spacial score (nSPS) is 15.4. The summed E-state index contributed by atoms with van der Waals surface area (Å²) >= 11 is 0. The first kappa shape index (κ1) is 24.4. The van der Waals surface area contributed by atoms with E-state index in [-0.39, 0.29) is 17.5 Å². The van der Waals surface area contributed by atoms with Crippen molar-refractivity contribution in [1.82, 2.24) is 34.4 Å². The van der Waals surface area contributed by atoms with Gasteiger partial charge in [0.05, 0.1) is 11.2 Å². The zero-order valence-electron chi connectivity index (χ0n) is 21.2. The van der Waals surface area contributed by atoms with E-state index < -0.39 is 5.82 Å². The van der Waals surface area contributed by atoms with Crippen LogP contribution in [0, 0.1) is 12.7 Å². The van der Waals surface area contributed by atoms with E-state index in [0.29, 0.717) is 52.7 Å². The number of fused-ring (bicyclic) bond motifs is 2. The number of nitrogens with one attached hydrogen (secondary N) is 1. The fraction of sp³-hybridized carbons (Fsp3) is 0.214. The molecule has 1 amide bonds. The summed E-state index contributed by atoms with van der Waals surface area (Å²) in [7, 11) is 0. The van der Waals surface area contributed by atoms with E-state index in [1.807, 2.05) is 12.1 Å². The maximum atomic E-state index is 15.5. The summed E-state index contributed by atoms with van der Waals surface area (Å²) < 4.78 is 23.1. The zero-order valence-corrected chi connectivity index (χ0v) is 21.2. The Balaban J connectivity index is 1.27. The zero-order chi connectivity index (χ0) is 26.9. The Hall–Kier alpha value is -4.93. The number of amides is 1. The monoisotopic (exact) mass is 524 g/mol. The Morgan fingerprint density at radius 2 is 2.08 bits per heavy atom. The van der Waals surface area contributed by atoms with E-state index >= 15 is 4.39 Å². The molecule has 39 heavy (non-hydrogen) atoms. The van der Waals surface area contributed by atoms with Crippen molar-refractivity contribution in [3.8, 4) is 11.5 Å². The van der Waals surface area contributed by atoms with Crippen LogP contribution in [0.4, 0.5) is 15.9 Å². The van der Waals surface area contributed by atoms with E-state index in [0.717, 1.165) is 18.5 Å². The van der Waals surface area contributed by atoms with Gasteiger partial charge in [-0.3, -0.25) is 4.79 Å². The minimum absolute atomic E-state index is 0.0764. The fourth-order valence-electron chi connectivity index (χ4n) is 4.81. The Morgan fingerprint density at radius 1 is 1.18 bits per heavy atom. The van der Waals surface area contributed by atoms with Crippen molar-refractivity contribution in [3.05, 3.63) is 85.0 Å². The van der Waals surface area contributed by atoms with E-state index in [1.165, 1.54) is 18.7 Å². The van der Waals surface area contributed by atoms with Crippen molar-refractivity contribution in [3.63, 3.8) is 0 Å². The molecule has 0 aliphatic carbocycles. The summed E-state index contributed by atoms with van der Waals surface area (Å²) in [6, 6.07) is 10.6. The van der Waals surface area contributed by atoms with Crippen LogP contribution in [0.5, 0.6) is 11.5 Å². The number of pyridine rings is 2. The summed E-state index contributed by atoms with van der Waals surface area (Å²) in [5.74, 6) is 0.820. The van der Waals surface area contributed by atoms with Crippen LogP contribution < -0.4 is 10.1 Å². The van der Waals surface area contributed by atoms with Crippen LogP contribution in [0.2, 0.25) is 0 Å². The number of carbonyl (C=O) groups excluding carboxylic acids is 1. The van der Waals surface area contributed by atoms with E-state index in [2.05, 4.69) is 31.9 Å². The van der Waals surface area contributed by atoms with Gasteiger partial charge in [0.2, 0.25) is 5.91 Å². The summed E-state index contributed by atoms with van der Waals surface area (Å²) in [6.45, 7) is 6.53. The predicted molar refractivity (Wildman–Crippen MR) is 144 cm³/mol. The Morgan fingerprint density at radius 3 is 2.95 bits per heavy atom. The Bertz CT molecular complexity index is 1720. The van der Waals surface area contributed by atoms with Gasteiger partial charge in [-0.2, -0.15) is 5.10 Å². The molecule has 0 spiro atoms. The first-order chi connectivity index (χ1) is 19.0. The van der Waals surface area contributed by atoms with Gasteiger partial charge in [-0.15, -0.1) is 0 Å². The third-order valence-electron chi connectivity index (χ3n) is 6.90. The average molecular weight is 525 g/mol. The molecule has 5 aromatic rings. The topological polar surface area (TPSA) is 110 Å². The molecule has 10 nitrogen and oxygen atoms in total. The molecule has 1 saturated heterocycles. The van der Waals surface area contributed by atoms with Crippen molar-refractivity contribution < 1.29 is 13.9 Å². The number of ether oxygens (including phenoxy) is 1. The number of likely N-dealkylation sites (tertiary alicyclic amines) is 1. The highest BCUT2D eigenvalue weighted by atomic mass is 19.1. The van der Waals surface area contributed by atoms with Crippen LogP contribution in [-0.2, 0) is 4.79 Å². The highest BCUT2D eigenvalue weighted by Gasteiger charge is 2.25. The van der Waals surface area contributed by atoms with Gasteiger partial charge in [-0.1, -0.05) is 6.58 Å². The maximum Gasteiger partial charge on any atom is 0.245 e. The van der Waals surface area contributed by atoms with Crippen LogP contribution in [0.25, 0.3) is 16.7 Å². The number of anilines is 2. The third-order valence-corrected chi connectivity index (χ3v) is 6.90. The lowest BCUT2D eigenvalue weighted by Crippen LogP contribution is -2.38. The largest absolute Gasteiger partial charge is 0.457 e. The number of halogens is 1. The molecule has 4 aromatic heterocycles. The second kappa shape index (κ2) is 10.1. The Labute approximate surface area is 223 Å². The smallest absolute Gasteiger partial charge is 0.245 e. The van der Waals surface area contributed by atoms with Gasteiger partial charge in [0.1, 0.15) is 29.7 Å². The summed E-state index contributed by atoms with van der Waals surface area (Å²) in [5, 5.41) is 7.15. The molecule has 1 aromatic carbocycles. The highest BCUT2D eigenvalue weighted by molar-refractivity contribution is 5.88. The van der Waals surface area contributed by atoms with E-state index in [4.69, 9.17) is 9.72 Å². The first-order valence-electron chi connectivity index (χ1n) is 12.6. The van der Waals surface area contributed by atoms with Crippen molar-refractivity contribution >= 4 is 34.1 Å². The molecule has 6 rings (SSSR count). The average Bonchev–Trinajstić information content (AvgIpc) is 3.44. The quantitative estimate of drug-likeness (QED) is 0.311. The summed E-state index contributed by atoms with van der Waals surface area (Å²) in [4.78, 5) is 31.6. The van der Waals surface area contributed by atoms with Crippen LogP contribution in [0.3, 0.4) is 0 Å². The molecule has 1 atom stereocenters. The number of rotatable bonds is 6. The molecule has 0 bridgehead atoms. The molecule has 1 aliphatic heterocycles. The van der Waals surface area contributed by atoms with Gasteiger partial charge < -0.3 is 15.0 Å². The van der Waals surface area contributed by atoms with Crippen molar-refractivity contribution in [1.29, 1.82) is 0 Å². The van der Waals surface area contributed by atoms with Gasteiger partial charge >= 0.3 is 0 Å². The first-order valence-corrected chi connectivity index (χ1v) is 12.6. The van der Waals surface area contributed by atoms with Gasteiger partial charge in [0, 0.05) is 42.5 Å². The second-order valence-corrected chi connectivity index (χ2v) is 9.36. The van der Waals surface area contributed by atoms with Crippen molar-refractivity contribution in [2.24, 2.45) is 0 Å². The molecule has 1 unspecified atom stereocenters. The SMILES string of the molecule is C=CC(=O)N1CCCC(c2ccc3ncnc(Nc4ccc(Oc5ccn6ncnc6c5)c(C)c4F)c3n2)C1. The van der Waals surface area contributed by atoms with Crippen LogP contribution in [0.1, 0.15) is 30.0 Å². The molecule has 0 saturated carbocycles. The molecule has 1 N–H and O–H groups in total. The fourth-order valence-corrected chi connectivity index (χ4v) is 4.81. The predicted octanol–water partition coefficient (Wildman–Crippen LogP) is 4.94.